The first-order chi connectivity index (χ1) is 7.11. The van der Waals surface area contributed by atoms with Gasteiger partial charge in [0.25, 0.3) is 0 Å². The Hall–Kier alpha value is -1.68. The fourth-order valence-electron chi connectivity index (χ4n) is 1.19. The number of hydrogen-bond donors (Lipinski definition) is 1. The van der Waals surface area contributed by atoms with Crippen LogP contribution < -0.4 is 0 Å². The van der Waals surface area contributed by atoms with Gasteiger partial charge >= 0.3 is 5.97 Å². The van der Waals surface area contributed by atoms with Gasteiger partial charge in [0.15, 0.2) is 0 Å². The Morgan fingerprint density at radius 2 is 2.27 bits per heavy atom. The minimum atomic E-state index is -1.06. The zero-order valence-corrected chi connectivity index (χ0v) is 8.24. The molecule has 1 aromatic rings. The van der Waals surface area contributed by atoms with Crippen LogP contribution in [0.5, 0.6) is 0 Å². The van der Waals surface area contributed by atoms with Crippen LogP contribution in [0.25, 0.3) is 6.08 Å². The number of hydrogen-bond acceptors (Lipinski definition) is 2. The molecule has 0 atom stereocenters. The maximum absolute atomic E-state index is 13.0. The van der Waals surface area contributed by atoms with Crippen LogP contribution in [0, 0.1) is 5.82 Å². The summed E-state index contributed by atoms with van der Waals surface area (Å²) < 4.78 is 17.9. The van der Waals surface area contributed by atoms with Crippen LogP contribution in [0.15, 0.2) is 24.3 Å². The van der Waals surface area contributed by atoms with Crippen molar-refractivity contribution in [2.45, 2.75) is 6.61 Å². The van der Waals surface area contributed by atoms with E-state index in [0.29, 0.717) is 17.7 Å². The highest BCUT2D eigenvalue weighted by Gasteiger charge is 1.99. The SMILES string of the molecule is COCc1cc(F)cc(C=CC(=O)O)c1. The summed E-state index contributed by atoms with van der Waals surface area (Å²) in [6.45, 7) is 0.297. The molecule has 0 unspecified atom stereocenters. The molecule has 0 aliphatic heterocycles. The van der Waals surface area contributed by atoms with E-state index in [1.807, 2.05) is 0 Å². The summed E-state index contributed by atoms with van der Waals surface area (Å²) in [7, 11) is 1.51. The van der Waals surface area contributed by atoms with Crippen LogP contribution in [0.1, 0.15) is 11.1 Å². The molecule has 0 aliphatic carbocycles. The second-order valence-corrected chi connectivity index (χ2v) is 3.00. The predicted molar refractivity (Wildman–Crippen MR) is 53.8 cm³/mol. The molecule has 3 nitrogen and oxygen atoms in total. The molecule has 0 heterocycles. The van der Waals surface area contributed by atoms with E-state index in [0.717, 1.165) is 6.08 Å². The van der Waals surface area contributed by atoms with Crippen molar-refractivity contribution in [3.05, 3.63) is 41.2 Å². The molecule has 4 heteroatoms. The number of ether oxygens (including phenoxy) is 1. The topological polar surface area (TPSA) is 46.5 Å². The van der Waals surface area contributed by atoms with Crippen LogP contribution in [0.2, 0.25) is 0 Å². The van der Waals surface area contributed by atoms with Gasteiger partial charge in [-0.05, 0) is 35.4 Å². The van der Waals surface area contributed by atoms with Crippen LogP contribution in [-0.4, -0.2) is 18.2 Å². The second kappa shape index (κ2) is 5.26. The molecule has 0 saturated heterocycles. The summed E-state index contributed by atoms with van der Waals surface area (Å²) in [5, 5.41) is 8.41. The Morgan fingerprint density at radius 1 is 1.53 bits per heavy atom. The number of rotatable bonds is 4. The summed E-state index contributed by atoms with van der Waals surface area (Å²) in [5.41, 5.74) is 1.17. The quantitative estimate of drug-likeness (QED) is 0.774. The summed E-state index contributed by atoms with van der Waals surface area (Å²) in [5.74, 6) is -1.47. The van der Waals surface area contributed by atoms with Crippen molar-refractivity contribution in [2.75, 3.05) is 7.11 Å². The van der Waals surface area contributed by atoms with Crippen LogP contribution >= 0.6 is 0 Å². The van der Waals surface area contributed by atoms with Gasteiger partial charge < -0.3 is 9.84 Å². The summed E-state index contributed by atoms with van der Waals surface area (Å²) in [6, 6.07) is 4.28. The van der Waals surface area contributed by atoms with E-state index in [1.165, 1.54) is 25.3 Å². The number of carboxylic acids is 1. The Balaban J connectivity index is 2.93. The minimum Gasteiger partial charge on any atom is -0.478 e. The van der Waals surface area contributed by atoms with Crippen molar-refractivity contribution in [1.82, 2.24) is 0 Å². The predicted octanol–water partition coefficient (Wildman–Crippen LogP) is 2.07. The first-order valence-corrected chi connectivity index (χ1v) is 4.31. The number of methoxy groups -OCH3 is 1. The lowest BCUT2D eigenvalue weighted by Crippen LogP contribution is -1.91. The normalized spacial score (nSPS) is 10.8. The van der Waals surface area contributed by atoms with Crippen LogP contribution in [-0.2, 0) is 16.1 Å². The van der Waals surface area contributed by atoms with Gasteiger partial charge in [-0.3, -0.25) is 0 Å². The van der Waals surface area contributed by atoms with Crippen molar-refractivity contribution in [3.63, 3.8) is 0 Å². The largest absolute Gasteiger partial charge is 0.478 e. The number of halogens is 1. The molecule has 80 valence electrons. The van der Waals surface area contributed by atoms with Crippen molar-refractivity contribution < 1.29 is 19.0 Å². The van der Waals surface area contributed by atoms with Crippen molar-refractivity contribution in [1.29, 1.82) is 0 Å². The van der Waals surface area contributed by atoms with Crippen LogP contribution in [0.4, 0.5) is 4.39 Å². The van der Waals surface area contributed by atoms with Gasteiger partial charge in [-0.2, -0.15) is 0 Å². The van der Waals surface area contributed by atoms with E-state index in [1.54, 1.807) is 6.07 Å². The molecule has 15 heavy (non-hydrogen) atoms. The van der Waals surface area contributed by atoms with Gasteiger partial charge in [0, 0.05) is 13.2 Å². The lowest BCUT2D eigenvalue weighted by Gasteiger charge is -2.01. The molecule has 0 aromatic heterocycles. The first-order valence-electron chi connectivity index (χ1n) is 4.31. The number of aliphatic carboxylic acids is 1. The molecular weight excluding hydrogens is 199 g/mol. The third-order valence-electron chi connectivity index (χ3n) is 1.71. The number of benzene rings is 1. The smallest absolute Gasteiger partial charge is 0.328 e. The average molecular weight is 210 g/mol. The molecule has 0 aliphatic rings. The van der Waals surface area contributed by atoms with Crippen molar-refractivity contribution >= 4 is 12.0 Å². The number of carboxylic acid groups (broad SMARTS) is 1. The lowest BCUT2D eigenvalue weighted by atomic mass is 10.1. The molecule has 1 aromatic carbocycles. The molecule has 1 N–H and O–H groups in total. The molecule has 0 radical (unpaired) electrons. The van der Waals surface area contributed by atoms with Gasteiger partial charge in [-0.25, -0.2) is 9.18 Å². The van der Waals surface area contributed by atoms with E-state index in [4.69, 9.17) is 9.84 Å². The third kappa shape index (κ3) is 3.91. The van der Waals surface area contributed by atoms with E-state index >= 15 is 0 Å². The van der Waals surface area contributed by atoms with Crippen molar-refractivity contribution in [3.8, 4) is 0 Å². The van der Waals surface area contributed by atoms with E-state index in [9.17, 15) is 9.18 Å². The fourth-order valence-corrected chi connectivity index (χ4v) is 1.19. The second-order valence-electron chi connectivity index (χ2n) is 3.00. The standard InChI is InChI=1S/C11H11FO3/c1-15-7-9-4-8(2-3-11(13)14)5-10(12)6-9/h2-6H,7H2,1H3,(H,13,14). The molecule has 0 amide bonds. The monoisotopic (exact) mass is 210 g/mol. The summed E-state index contributed by atoms with van der Waals surface area (Å²) in [4.78, 5) is 10.3. The van der Waals surface area contributed by atoms with Crippen LogP contribution in [0.3, 0.4) is 0 Å². The van der Waals surface area contributed by atoms with Crippen molar-refractivity contribution in [2.24, 2.45) is 0 Å². The van der Waals surface area contributed by atoms with E-state index in [2.05, 4.69) is 0 Å². The molecular formula is C11H11FO3. The Labute approximate surface area is 86.8 Å². The van der Waals surface area contributed by atoms with Gasteiger partial charge in [-0.1, -0.05) is 0 Å². The Kier molecular flexibility index (Phi) is 4.00. The Morgan fingerprint density at radius 3 is 2.87 bits per heavy atom. The molecule has 0 saturated carbocycles. The highest BCUT2D eigenvalue weighted by atomic mass is 19.1. The highest BCUT2D eigenvalue weighted by molar-refractivity contribution is 5.85. The van der Waals surface area contributed by atoms with E-state index < -0.39 is 11.8 Å². The third-order valence-corrected chi connectivity index (χ3v) is 1.71. The zero-order valence-electron chi connectivity index (χ0n) is 8.24. The van der Waals surface area contributed by atoms with Gasteiger partial charge in [0.05, 0.1) is 6.61 Å². The first kappa shape index (κ1) is 11.4. The maximum Gasteiger partial charge on any atom is 0.328 e. The lowest BCUT2D eigenvalue weighted by molar-refractivity contribution is -0.131. The Bertz CT molecular complexity index is 385. The van der Waals surface area contributed by atoms with E-state index in [-0.39, 0.29) is 0 Å². The van der Waals surface area contributed by atoms with Gasteiger partial charge in [0.1, 0.15) is 5.82 Å². The van der Waals surface area contributed by atoms with Gasteiger partial charge in [-0.15, -0.1) is 0 Å². The maximum atomic E-state index is 13.0. The number of carbonyl (C=O) groups is 1. The average Bonchev–Trinajstić information content (AvgIpc) is 2.14. The molecule has 0 bridgehead atoms. The highest BCUT2D eigenvalue weighted by Crippen LogP contribution is 2.11. The minimum absolute atomic E-state index is 0.297. The summed E-state index contributed by atoms with van der Waals surface area (Å²) in [6.07, 6.45) is 2.30. The molecule has 0 fully saturated rings. The summed E-state index contributed by atoms with van der Waals surface area (Å²) >= 11 is 0. The molecule has 0 spiro atoms. The fraction of sp³-hybridized carbons (Fsp3) is 0.182. The van der Waals surface area contributed by atoms with Gasteiger partial charge in [0.2, 0.25) is 0 Å². The molecule has 1 rings (SSSR count). The zero-order chi connectivity index (χ0) is 11.3.